The standard InChI is InChI=1S/C16H17N5O2S/c1-10-2-4-12(5-3-10)21-9-11(8-13(21)22)14(23)17-15-18-19-16-20(15)6-7-24-16/h2-5,11H,6-9H2,1H3,(H,17,18,23). The lowest BCUT2D eigenvalue weighted by Gasteiger charge is -2.16. The van der Waals surface area contributed by atoms with Crippen LogP contribution in [0.25, 0.3) is 0 Å². The largest absolute Gasteiger partial charge is 0.312 e. The summed E-state index contributed by atoms with van der Waals surface area (Å²) in [6.07, 6.45) is 0.218. The second-order valence-corrected chi connectivity index (χ2v) is 7.10. The van der Waals surface area contributed by atoms with Crippen molar-refractivity contribution in [1.29, 1.82) is 0 Å². The number of benzene rings is 1. The van der Waals surface area contributed by atoms with Crippen LogP contribution in [0.1, 0.15) is 12.0 Å². The zero-order chi connectivity index (χ0) is 16.7. The van der Waals surface area contributed by atoms with Crippen molar-refractivity contribution in [2.45, 2.75) is 25.0 Å². The minimum Gasteiger partial charge on any atom is -0.312 e. The van der Waals surface area contributed by atoms with Crippen LogP contribution in [0.2, 0.25) is 0 Å². The summed E-state index contributed by atoms with van der Waals surface area (Å²) in [6.45, 7) is 3.19. The van der Waals surface area contributed by atoms with E-state index in [4.69, 9.17) is 0 Å². The smallest absolute Gasteiger partial charge is 0.232 e. The van der Waals surface area contributed by atoms with Crippen molar-refractivity contribution in [3.05, 3.63) is 29.8 Å². The highest BCUT2D eigenvalue weighted by atomic mass is 32.2. The molecule has 1 aromatic carbocycles. The van der Waals surface area contributed by atoms with E-state index in [2.05, 4.69) is 15.5 Å². The third kappa shape index (κ3) is 2.66. The molecule has 2 amide bonds. The summed E-state index contributed by atoms with van der Waals surface area (Å²) in [5.74, 6) is 0.838. The van der Waals surface area contributed by atoms with Gasteiger partial charge in [0.15, 0.2) is 5.16 Å². The van der Waals surface area contributed by atoms with Crippen molar-refractivity contribution < 1.29 is 9.59 Å². The maximum absolute atomic E-state index is 12.5. The van der Waals surface area contributed by atoms with Gasteiger partial charge in [-0.3, -0.25) is 19.5 Å². The van der Waals surface area contributed by atoms with Gasteiger partial charge < -0.3 is 4.90 Å². The summed E-state index contributed by atoms with van der Waals surface area (Å²) in [6, 6.07) is 7.76. The Morgan fingerprint density at radius 1 is 1.29 bits per heavy atom. The predicted octanol–water partition coefficient (Wildman–Crippen LogP) is 1.68. The van der Waals surface area contributed by atoms with Gasteiger partial charge in [-0.25, -0.2) is 0 Å². The molecule has 8 heteroatoms. The Kier molecular flexibility index (Phi) is 3.76. The third-order valence-electron chi connectivity index (χ3n) is 4.34. The second kappa shape index (κ2) is 5.94. The minimum absolute atomic E-state index is 0.0268. The molecule has 1 fully saturated rings. The number of aryl methyl sites for hydroxylation is 1. The van der Waals surface area contributed by atoms with Crippen LogP contribution in [-0.4, -0.2) is 38.9 Å². The number of hydrogen-bond donors (Lipinski definition) is 1. The summed E-state index contributed by atoms with van der Waals surface area (Å²) >= 11 is 1.62. The van der Waals surface area contributed by atoms with Gasteiger partial charge in [0, 0.05) is 31.0 Å². The number of anilines is 2. The van der Waals surface area contributed by atoms with E-state index in [1.165, 1.54) is 0 Å². The number of rotatable bonds is 3. The number of hydrogen-bond acceptors (Lipinski definition) is 5. The first kappa shape index (κ1) is 15.2. The Hall–Kier alpha value is -2.35. The third-order valence-corrected chi connectivity index (χ3v) is 5.29. The second-order valence-electron chi connectivity index (χ2n) is 6.04. The first-order valence-corrected chi connectivity index (χ1v) is 8.84. The predicted molar refractivity (Wildman–Crippen MR) is 91.0 cm³/mol. The van der Waals surface area contributed by atoms with Crippen LogP contribution in [0.3, 0.4) is 0 Å². The molecule has 7 nitrogen and oxygen atoms in total. The van der Waals surface area contributed by atoms with E-state index in [9.17, 15) is 9.59 Å². The van der Waals surface area contributed by atoms with Crippen molar-refractivity contribution in [2.24, 2.45) is 5.92 Å². The monoisotopic (exact) mass is 343 g/mol. The molecule has 0 aliphatic carbocycles. The van der Waals surface area contributed by atoms with Gasteiger partial charge in [-0.1, -0.05) is 29.5 Å². The van der Waals surface area contributed by atoms with Crippen LogP contribution in [0.15, 0.2) is 29.4 Å². The van der Waals surface area contributed by atoms with Gasteiger partial charge in [-0.05, 0) is 19.1 Å². The van der Waals surface area contributed by atoms with Crippen molar-refractivity contribution in [3.63, 3.8) is 0 Å². The van der Waals surface area contributed by atoms with Crippen molar-refractivity contribution in [1.82, 2.24) is 14.8 Å². The molecule has 124 valence electrons. The zero-order valence-electron chi connectivity index (χ0n) is 13.2. The van der Waals surface area contributed by atoms with Gasteiger partial charge in [0.2, 0.25) is 17.8 Å². The fourth-order valence-corrected chi connectivity index (χ4v) is 3.88. The Morgan fingerprint density at radius 2 is 2.08 bits per heavy atom. The molecule has 1 aromatic heterocycles. The van der Waals surface area contributed by atoms with Crippen LogP contribution in [-0.2, 0) is 16.1 Å². The van der Waals surface area contributed by atoms with Gasteiger partial charge in [0.25, 0.3) is 0 Å². The SMILES string of the molecule is Cc1ccc(N2CC(C(=O)Nc3nnc4n3CCS4)CC2=O)cc1. The van der Waals surface area contributed by atoms with E-state index in [0.29, 0.717) is 12.5 Å². The molecule has 1 saturated heterocycles. The van der Waals surface area contributed by atoms with E-state index in [0.717, 1.165) is 28.7 Å². The first-order chi connectivity index (χ1) is 11.6. The summed E-state index contributed by atoms with van der Waals surface area (Å²) < 4.78 is 1.90. The van der Waals surface area contributed by atoms with E-state index < -0.39 is 0 Å². The normalized spacial score (nSPS) is 19.6. The van der Waals surface area contributed by atoms with Gasteiger partial charge in [0.1, 0.15) is 0 Å². The highest BCUT2D eigenvalue weighted by Gasteiger charge is 2.36. The van der Waals surface area contributed by atoms with Gasteiger partial charge in [0.05, 0.1) is 5.92 Å². The number of nitrogens with one attached hydrogen (secondary N) is 1. The summed E-state index contributed by atoms with van der Waals surface area (Å²) in [7, 11) is 0. The molecule has 2 aliphatic heterocycles. The molecule has 24 heavy (non-hydrogen) atoms. The molecule has 4 rings (SSSR count). The van der Waals surface area contributed by atoms with E-state index in [-0.39, 0.29) is 24.2 Å². The lowest BCUT2D eigenvalue weighted by Crippen LogP contribution is -2.28. The van der Waals surface area contributed by atoms with Crippen molar-refractivity contribution in [2.75, 3.05) is 22.5 Å². The summed E-state index contributed by atoms with van der Waals surface area (Å²) in [5.41, 5.74) is 1.97. The van der Waals surface area contributed by atoms with Crippen LogP contribution in [0.5, 0.6) is 0 Å². The molecule has 0 radical (unpaired) electrons. The molecule has 0 spiro atoms. The molecule has 1 N–H and O–H groups in total. The fraction of sp³-hybridized carbons (Fsp3) is 0.375. The van der Waals surface area contributed by atoms with Crippen LogP contribution in [0, 0.1) is 12.8 Å². The molecule has 0 bridgehead atoms. The molecule has 3 heterocycles. The van der Waals surface area contributed by atoms with Gasteiger partial charge in [-0.15, -0.1) is 10.2 Å². The Bertz CT molecular complexity index is 801. The topological polar surface area (TPSA) is 80.1 Å². The van der Waals surface area contributed by atoms with Crippen molar-refractivity contribution >= 4 is 35.2 Å². The lowest BCUT2D eigenvalue weighted by atomic mass is 10.1. The fourth-order valence-electron chi connectivity index (χ4n) is 2.99. The Morgan fingerprint density at radius 3 is 2.88 bits per heavy atom. The number of carbonyl (C=O) groups is 2. The molecular weight excluding hydrogens is 326 g/mol. The maximum atomic E-state index is 12.5. The highest BCUT2D eigenvalue weighted by Crippen LogP contribution is 2.28. The summed E-state index contributed by atoms with van der Waals surface area (Å²) in [4.78, 5) is 26.5. The highest BCUT2D eigenvalue weighted by molar-refractivity contribution is 7.99. The average molecular weight is 343 g/mol. The molecule has 2 aromatic rings. The molecular formula is C16H17N5O2S. The molecule has 1 atom stereocenters. The first-order valence-electron chi connectivity index (χ1n) is 7.86. The molecule has 0 saturated carbocycles. The van der Waals surface area contributed by atoms with Gasteiger partial charge in [-0.2, -0.15) is 0 Å². The van der Waals surface area contributed by atoms with Crippen LogP contribution >= 0.6 is 11.8 Å². The average Bonchev–Trinajstić information content (AvgIpc) is 3.25. The number of fused-ring (bicyclic) bond motifs is 1. The van der Waals surface area contributed by atoms with E-state index >= 15 is 0 Å². The zero-order valence-corrected chi connectivity index (χ0v) is 14.0. The number of thioether (sulfide) groups is 1. The van der Waals surface area contributed by atoms with E-state index in [1.54, 1.807) is 16.7 Å². The number of nitrogens with zero attached hydrogens (tertiary/aromatic N) is 4. The quantitative estimate of drug-likeness (QED) is 0.917. The number of aromatic nitrogens is 3. The maximum Gasteiger partial charge on any atom is 0.232 e. The molecule has 2 aliphatic rings. The number of amides is 2. The van der Waals surface area contributed by atoms with Gasteiger partial charge >= 0.3 is 0 Å². The van der Waals surface area contributed by atoms with Crippen molar-refractivity contribution in [3.8, 4) is 0 Å². The van der Waals surface area contributed by atoms with E-state index in [1.807, 2.05) is 35.8 Å². The van der Waals surface area contributed by atoms with Crippen LogP contribution < -0.4 is 10.2 Å². The van der Waals surface area contributed by atoms with Crippen LogP contribution in [0.4, 0.5) is 11.6 Å². The Balaban J connectivity index is 1.46. The lowest BCUT2D eigenvalue weighted by molar-refractivity contribution is -0.122. The Labute approximate surface area is 143 Å². The summed E-state index contributed by atoms with van der Waals surface area (Å²) in [5, 5.41) is 11.7. The number of carbonyl (C=O) groups excluding carboxylic acids is 2. The minimum atomic E-state index is -0.374. The molecule has 1 unspecified atom stereocenters.